The van der Waals surface area contributed by atoms with Gasteiger partial charge in [0.05, 0.1) is 7.11 Å². The van der Waals surface area contributed by atoms with E-state index in [0.29, 0.717) is 12.2 Å². The number of carboxylic acid groups (broad SMARTS) is 1. The van der Waals surface area contributed by atoms with Crippen molar-refractivity contribution in [1.82, 2.24) is 4.90 Å². The number of ether oxygens (including phenoxy) is 1. The first kappa shape index (κ1) is 15.8. The number of piperidine rings is 1. The number of carbonyl (C=O) groups is 1. The van der Waals surface area contributed by atoms with Gasteiger partial charge in [-0.1, -0.05) is 18.6 Å². The zero-order valence-electron chi connectivity index (χ0n) is 12.4. The van der Waals surface area contributed by atoms with Crippen molar-refractivity contribution in [3.05, 3.63) is 29.8 Å². The van der Waals surface area contributed by atoms with Gasteiger partial charge in [-0.15, -0.1) is 0 Å². The van der Waals surface area contributed by atoms with Gasteiger partial charge in [0.25, 0.3) is 0 Å². The fraction of sp³-hybridized carbons (Fsp3) is 0.562. The first-order chi connectivity index (χ1) is 10.2. The van der Waals surface area contributed by atoms with Crippen molar-refractivity contribution in [1.29, 1.82) is 0 Å². The Morgan fingerprint density at radius 3 is 2.67 bits per heavy atom. The van der Waals surface area contributed by atoms with Crippen LogP contribution >= 0.6 is 0 Å². The molecule has 116 valence electrons. The summed E-state index contributed by atoms with van der Waals surface area (Å²) >= 11 is 0. The molecule has 0 bridgehead atoms. The summed E-state index contributed by atoms with van der Waals surface area (Å²) in [7, 11) is 1.59. The molecule has 1 aromatic carbocycles. The first-order valence-corrected chi connectivity index (χ1v) is 7.40. The summed E-state index contributed by atoms with van der Waals surface area (Å²) in [6.07, 6.45) is 3.67. The van der Waals surface area contributed by atoms with E-state index in [2.05, 4.69) is 0 Å². The lowest BCUT2D eigenvalue weighted by molar-refractivity contribution is -0.145. The van der Waals surface area contributed by atoms with Crippen molar-refractivity contribution in [3.8, 4) is 5.75 Å². The van der Waals surface area contributed by atoms with E-state index in [4.69, 9.17) is 4.74 Å². The predicted octanol–water partition coefficient (Wildman–Crippen LogP) is 2.06. The minimum absolute atomic E-state index is 0.0934. The SMILES string of the molecule is COc1ccc(C(C(=O)O)N2CCCCC2CCO)cc1. The van der Waals surface area contributed by atoms with Crippen LogP contribution < -0.4 is 4.74 Å². The number of aliphatic hydroxyl groups excluding tert-OH is 1. The maximum absolute atomic E-state index is 11.8. The van der Waals surface area contributed by atoms with Gasteiger partial charge in [-0.25, -0.2) is 0 Å². The number of carboxylic acids is 1. The van der Waals surface area contributed by atoms with E-state index < -0.39 is 12.0 Å². The Kier molecular flexibility index (Phi) is 5.59. The number of benzene rings is 1. The molecule has 2 N–H and O–H groups in total. The van der Waals surface area contributed by atoms with Crippen LogP contribution in [0.2, 0.25) is 0 Å². The molecule has 1 aliphatic rings. The molecule has 0 aromatic heterocycles. The van der Waals surface area contributed by atoms with Crippen molar-refractivity contribution >= 4 is 5.97 Å². The van der Waals surface area contributed by atoms with E-state index in [1.807, 2.05) is 17.0 Å². The molecule has 2 unspecified atom stereocenters. The van der Waals surface area contributed by atoms with Crippen LogP contribution in [-0.4, -0.2) is 47.4 Å². The first-order valence-electron chi connectivity index (χ1n) is 7.40. The highest BCUT2D eigenvalue weighted by molar-refractivity contribution is 5.75. The zero-order chi connectivity index (χ0) is 15.2. The van der Waals surface area contributed by atoms with Crippen LogP contribution in [0.4, 0.5) is 0 Å². The molecule has 1 aliphatic heterocycles. The third-order valence-corrected chi connectivity index (χ3v) is 4.13. The Morgan fingerprint density at radius 2 is 2.10 bits per heavy atom. The normalized spacial score (nSPS) is 21.0. The molecule has 1 heterocycles. The second-order valence-electron chi connectivity index (χ2n) is 5.41. The molecule has 5 nitrogen and oxygen atoms in total. The molecular weight excluding hydrogens is 270 g/mol. The third-order valence-electron chi connectivity index (χ3n) is 4.13. The summed E-state index contributed by atoms with van der Waals surface area (Å²) in [6.45, 7) is 0.851. The standard InChI is InChI=1S/C16H23NO4/c1-21-14-7-5-12(6-8-14)15(16(19)20)17-10-3-2-4-13(17)9-11-18/h5-8,13,15,18H,2-4,9-11H2,1H3,(H,19,20). The Hall–Kier alpha value is -1.59. The molecule has 1 saturated heterocycles. The van der Waals surface area contributed by atoms with Gasteiger partial charge in [0.1, 0.15) is 11.8 Å². The van der Waals surface area contributed by atoms with Gasteiger partial charge in [-0.2, -0.15) is 0 Å². The van der Waals surface area contributed by atoms with Crippen LogP contribution in [0.1, 0.15) is 37.3 Å². The molecule has 0 amide bonds. The third kappa shape index (κ3) is 3.74. The number of rotatable bonds is 6. The van der Waals surface area contributed by atoms with E-state index in [0.717, 1.165) is 31.4 Å². The maximum Gasteiger partial charge on any atom is 0.325 e. The number of nitrogens with zero attached hydrogens (tertiary/aromatic N) is 1. The average Bonchev–Trinajstić information content (AvgIpc) is 2.50. The Balaban J connectivity index is 2.25. The Labute approximate surface area is 125 Å². The van der Waals surface area contributed by atoms with Crippen LogP contribution in [0, 0.1) is 0 Å². The van der Waals surface area contributed by atoms with E-state index in [9.17, 15) is 15.0 Å². The van der Waals surface area contributed by atoms with E-state index >= 15 is 0 Å². The van der Waals surface area contributed by atoms with E-state index in [1.165, 1.54) is 0 Å². The molecule has 5 heteroatoms. The largest absolute Gasteiger partial charge is 0.497 e. The number of aliphatic hydroxyl groups is 1. The highest BCUT2D eigenvalue weighted by Crippen LogP contribution is 2.31. The molecule has 1 fully saturated rings. The minimum atomic E-state index is -0.843. The summed E-state index contributed by atoms with van der Waals surface area (Å²) in [5, 5.41) is 18.9. The number of methoxy groups -OCH3 is 1. The van der Waals surface area contributed by atoms with Crippen molar-refractivity contribution < 1.29 is 19.7 Å². The molecule has 1 aromatic rings. The molecule has 2 atom stereocenters. The Morgan fingerprint density at radius 1 is 1.38 bits per heavy atom. The van der Waals surface area contributed by atoms with Gasteiger partial charge in [0.2, 0.25) is 0 Å². The van der Waals surface area contributed by atoms with Crippen LogP contribution in [0.15, 0.2) is 24.3 Å². The monoisotopic (exact) mass is 293 g/mol. The average molecular weight is 293 g/mol. The van der Waals surface area contributed by atoms with Crippen LogP contribution in [0.5, 0.6) is 5.75 Å². The lowest BCUT2D eigenvalue weighted by Crippen LogP contribution is -2.45. The lowest BCUT2D eigenvalue weighted by Gasteiger charge is -2.39. The van der Waals surface area contributed by atoms with E-state index in [1.54, 1.807) is 19.2 Å². The highest BCUT2D eigenvalue weighted by Gasteiger charge is 2.33. The maximum atomic E-state index is 11.8. The number of likely N-dealkylation sites (tertiary alicyclic amines) is 1. The predicted molar refractivity (Wildman–Crippen MR) is 79.4 cm³/mol. The van der Waals surface area contributed by atoms with E-state index in [-0.39, 0.29) is 12.6 Å². The summed E-state index contributed by atoms with van der Waals surface area (Å²) in [4.78, 5) is 13.8. The van der Waals surface area contributed by atoms with Gasteiger partial charge in [-0.3, -0.25) is 9.69 Å². The summed E-state index contributed by atoms with van der Waals surface area (Å²) in [6, 6.07) is 6.66. The zero-order valence-corrected chi connectivity index (χ0v) is 12.4. The van der Waals surface area contributed by atoms with Crippen LogP contribution in [0.3, 0.4) is 0 Å². The second kappa shape index (κ2) is 7.43. The molecule has 0 saturated carbocycles. The summed E-state index contributed by atoms with van der Waals surface area (Å²) in [5.74, 6) is -0.126. The fourth-order valence-corrected chi connectivity index (χ4v) is 3.08. The minimum Gasteiger partial charge on any atom is -0.497 e. The van der Waals surface area contributed by atoms with Gasteiger partial charge >= 0.3 is 5.97 Å². The number of aliphatic carboxylic acids is 1. The highest BCUT2D eigenvalue weighted by atomic mass is 16.5. The van der Waals surface area contributed by atoms with Crippen molar-refractivity contribution in [2.24, 2.45) is 0 Å². The number of hydrogen-bond donors (Lipinski definition) is 2. The number of hydrogen-bond acceptors (Lipinski definition) is 4. The molecule has 2 rings (SSSR count). The molecule has 21 heavy (non-hydrogen) atoms. The quantitative estimate of drug-likeness (QED) is 0.840. The molecular formula is C16H23NO4. The van der Waals surface area contributed by atoms with Gasteiger partial charge in [0, 0.05) is 12.6 Å². The van der Waals surface area contributed by atoms with Gasteiger partial charge in [-0.05, 0) is 43.5 Å². The van der Waals surface area contributed by atoms with Gasteiger partial charge < -0.3 is 14.9 Å². The van der Waals surface area contributed by atoms with Gasteiger partial charge in [0.15, 0.2) is 0 Å². The molecule has 0 radical (unpaired) electrons. The fourth-order valence-electron chi connectivity index (χ4n) is 3.08. The summed E-state index contributed by atoms with van der Waals surface area (Å²) in [5.41, 5.74) is 0.758. The lowest BCUT2D eigenvalue weighted by atomic mass is 9.94. The van der Waals surface area contributed by atoms with Crippen molar-refractivity contribution in [2.75, 3.05) is 20.3 Å². The molecule has 0 spiro atoms. The second-order valence-corrected chi connectivity index (χ2v) is 5.41. The van der Waals surface area contributed by atoms with Crippen LogP contribution in [-0.2, 0) is 4.79 Å². The topological polar surface area (TPSA) is 70.0 Å². The molecule has 0 aliphatic carbocycles. The van der Waals surface area contributed by atoms with Crippen molar-refractivity contribution in [2.45, 2.75) is 37.8 Å². The van der Waals surface area contributed by atoms with Crippen molar-refractivity contribution in [3.63, 3.8) is 0 Å². The summed E-state index contributed by atoms with van der Waals surface area (Å²) < 4.78 is 5.12. The smallest absolute Gasteiger partial charge is 0.325 e. The Bertz CT molecular complexity index is 458. The van der Waals surface area contributed by atoms with Crippen LogP contribution in [0.25, 0.3) is 0 Å².